The van der Waals surface area contributed by atoms with Crippen molar-refractivity contribution in [2.75, 3.05) is 39.4 Å². The average Bonchev–Trinajstić information content (AvgIpc) is 2.79. The van der Waals surface area contributed by atoms with Gasteiger partial charge in [0.2, 0.25) is 0 Å². The van der Waals surface area contributed by atoms with Crippen LogP contribution in [-0.2, 0) is 22.6 Å². The van der Waals surface area contributed by atoms with Crippen molar-refractivity contribution in [3.63, 3.8) is 0 Å². The largest absolute Gasteiger partial charge is 0.381 e. The lowest BCUT2D eigenvalue weighted by Crippen LogP contribution is -2.48. The maximum atomic E-state index is 6.06. The first-order chi connectivity index (χ1) is 14.8. The van der Waals surface area contributed by atoms with Crippen LogP contribution in [0, 0.1) is 0 Å². The van der Waals surface area contributed by atoms with Gasteiger partial charge in [0.1, 0.15) is 0 Å². The van der Waals surface area contributed by atoms with Crippen molar-refractivity contribution in [3.8, 4) is 0 Å². The van der Waals surface area contributed by atoms with E-state index in [9.17, 15) is 0 Å². The Morgan fingerprint density at radius 2 is 1.97 bits per heavy atom. The van der Waals surface area contributed by atoms with E-state index in [1.54, 1.807) is 0 Å². The van der Waals surface area contributed by atoms with E-state index in [0.29, 0.717) is 25.3 Å². The number of piperidine rings is 1. The molecular weight excluding hydrogens is 503 g/mol. The van der Waals surface area contributed by atoms with Crippen molar-refractivity contribution < 1.29 is 9.47 Å². The van der Waals surface area contributed by atoms with E-state index < -0.39 is 0 Å². The monoisotopic (exact) mass is 542 g/mol. The van der Waals surface area contributed by atoms with Gasteiger partial charge < -0.3 is 20.1 Å². The number of hydrogen-bond donors (Lipinski definition) is 2. The van der Waals surface area contributed by atoms with Crippen LogP contribution < -0.4 is 10.6 Å². The van der Waals surface area contributed by atoms with Gasteiger partial charge in [-0.25, -0.2) is 4.99 Å². The second-order valence-electron chi connectivity index (χ2n) is 8.15. The van der Waals surface area contributed by atoms with Gasteiger partial charge in [-0.15, -0.1) is 30.6 Å². The number of nitrogens with one attached hydrogen (secondary N) is 2. The van der Waals surface area contributed by atoms with Crippen LogP contribution in [-0.4, -0.2) is 62.4 Å². The van der Waals surface area contributed by atoms with E-state index in [4.69, 9.17) is 14.5 Å². The summed E-state index contributed by atoms with van der Waals surface area (Å²) in [5, 5.41) is 7.01. The summed E-state index contributed by atoms with van der Waals surface area (Å²) < 4.78 is 11.5. The highest BCUT2D eigenvalue weighted by atomic mass is 127. The molecule has 2 fully saturated rings. The number of rotatable bonds is 9. The lowest BCUT2D eigenvalue weighted by Gasteiger charge is -2.32. The van der Waals surface area contributed by atoms with E-state index in [-0.39, 0.29) is 24.0 Å². The molecule has 0 spiro atoms. The minimum absolute atomic E-state index is 0. The van der Waals surface area contributed by atoms with Crippen molar-refractivity contribution in [1.29, 1.82) is 0 Å². The molecule has 3 rings (SSSR count). The van der Waals surface area contributed by atoms with Gasteiger partial charge in [0.15, 0.2) is 5.96 Å². The highest BCUT2D eigenvalue weighted by Gasteiger charge is 2.19. The molecule has 31 heavy (non-hydrogen) atoms. The molecule has 0 atom stereocenters. The van der Waals surface area contributed by atoms with Gasteiger partial charge in [0.05, 0.1) is 19.3 Å². The number of hydrogen-bond acceptors (Lipinski definition) is 4. The molecule has 2 heterocycles. The Bertz CT molecular complexity index is 671. The summed E-state index contributed by atoms with van der Waals surface area (Å²) in [6, 6.07) is 9.05. The minimum atomic E-state index is 0. The van der Waals surface area contributed by atoms with Crippen molar-refractivity contribution in [1.82, 2.24) is 15.5 Å². The first-order valence-electron chi connectivity index (χ1n) is 11.4. The second kappa shape index (κ2) is 14.8. The third kappa shape index (κ3) is 9.47. The summed E-state index contributed by atoms with van der Waals surface area (Å²) in [5.74, 6) is 0.906. The van der Waals surface area contributed by atoms with Crippen LogP contribution in [0.15, 0.2) is 41.9 Å². The maximum Gasteiger partial charge on any atom is 0.191 e. The highest BCUT2D eigenvalue weighted by Crippen LogP contribution is 2.15. The molecule has 0 aromatic heterocycles. The topological polar surface area (TPSA) is 58.1 Å². The van der Waals surface area contributed by atoms with Crippen LogP contribution in [0.4, 0.5) is 0 Å². The smallest absolute Gasteiger partial charge is 0.191 e. The summed E-state index contributed by atoms with van der Waals surface area (Å²) in [6.07, 6.45) is 6.57. The van der Waals surface area contributed by atoms with E-state index in [2.05, 4.69) is 53.3 Å². The molecule has 174 valence electrons. The van der Waals surface area contributed by atoms with Crippen LogP contribution in [0.1, 0.15) is 43.7 Å². The molecular formula is C24H39IN4O2. The summed E-state index contributed by atoms with van der Waals surface area (Å²) in [6.45, 7) is 13.0. The molecule has 2 N–H and O–H groups in total. The molecule has 0 radical (unpaired) electrons. The SMILES string of the molecule is C=CCN1CCC(NC(=NCc2cccc(COC3CCOCC3)c2)NCC)CC1.I. The van der Waals surface area contributed by atoms with Crippen molar-refractivity contribution >= 4 is 29.9 Å². The van der Waals surface area contributed by atoms with Crippen LogP contribution in [0.25, 0.3) is 0 Å². The van der Waals surface area contributed by atoms with E-state index in [1.807, 2.05) is 6.08 Å². The minimum Gasteiger partial charge on any atom is -0.381 e. The number of ether oxygens (including phenoxy) is 2. The fourth-order valence-corrected chi connectivity index (χ4v) is 4.00. The summed E-state index contributed by atoms with van der Waals surface area (Å²) in [5.41, 5.74) is 2.42. The molecule has 0 aliphatic carbocycles. The Labute approximate surface area is 204 Å². The van der Waals surface area contributed by atoms with Crippen molar-refractivity contribution in [3.05, 3.63) is 48.0 Å². The molecule has 1 aromatic carbocycles. The van der Waals surface area contributed by atoms with Crippen molar-refractivity contribution in [2.45, 2.75) is 57.9 Å². The highest BCUT2D eigenvalue weighted by molar-refractivity contribution is 14.0. The number of aliphatic imine (C=N–C) groups is 1. The summed E-state index contributed by atoms with van der Waals surface area (Å²) in [7, 11) is 0. The quantitative estimate of drug-likeness (QED) is 0.216. The van der Waals surface area contributed by atoms with Gasteiger partial charge in [-0.3, -0.25) is 4.90 Å². The van der Waals surface area contributed by atoms with E-state index >= 15 is 0 Å². The molecule has 7 heteroatoms. The number of likely N-dealkylation sites (tertiary alicyclic amines) is 1. The Kier molecular flexibility index (Phi) is 12.5. The zero-order chi connectivity index (χ0) is 21.0. The summed E-state index contributed by atoms with van der Waals surface area (Å²) >= 11 is 0. The third-order valence-corrected chi connectivity index (χ3v) is 5.73. The van der Waals surface area contributed by atoms with E-state index in [0.717, 1.165) is 71.0 Å². The predicted molar refractivity (Wildman–Crippen MR) is 138 cm³/mol. The molecule has 2 saturated heterocycles. The number of guanidine groups is 1. The number of nitrogens with zero attached hydrogens (tertiary/aromatic N) is 2. The Hall–Kier alpha value is -1.16. The Morgan fingerprint density at radius 1 is 1.23 bits per heavy atom. The van der Waals surface area contributed by atoms with Gasteiger partial charge in [-0.05, 0) is 43.7 Å². The first-order valence-corrected chi connectivity index (χ1v) is 11.4. The zero-order valence-electron chi connectivity index (χ0n) is 18.9. The van der Waals surface area contributed by atoms with Crippen LogP contribution >= 0.6 is 24.0 Å². The molecule has 6 nitrogen and oxygen atoms in total. The van der Waals surface area contributed by atoms with Gasteiger partial charge in [0, 0.05) is 45.4 Å². The lowest BCUT2D eigenvalue weighted by atomic mass is 10.1. The number of benzene rings is 1. The van der Waals surface area contributed by atoms with Crippen molar-refractivity contribution in [2.24, 2.45) is 4.99 Å². The Balaban J connectivity index is 0.00000341. The van der Waals surface area contributed by atoms with Gasteiger partial charge in [-0.1, -0.05) is 30.3 Å². The third-order valence-electron chi connectivity index (χ3n) is 5.73. The normalized spacial score (nSPS) is 18.9. The lowest BCUT2D eigenvalue weighted by molar-refractivity contribution is -0.0390. The van der Waals surface area contributed by atoms with E-state index in [1.165, 1.54) is 11.1 Å². The predicted octanol–water partition coefficient (Wildman–Crippen LogP) is 3.71. The molecule has 2 aliphatic rings. The molecule has 0 amide bonds. The molecule has 2 aliphatic heterocycles. The van der Waals surface area contributed by atoms with Crippen LogP contribution in [0.5, 0.6) is 0 Å². The molecule has 1 aromatic rings. The van der Waals surface area contributed by atoms with Crippen LogP contribution in [0.2, 0.25) is 0 Å². The first kappa shape index (κ1) is 26.1. The molecule has 0 saturated carbocycles. The average molecular weight is 543 g/mol. The molecule has 0 bridgehead atoms. The fraction of sp³-hybridized carbons (Fsp3) is 0.625. The van der Waals surface area contributed by atoms with Gasteiger partial charge in [-0.2, -0.15) is 0 Å². The standard InChI is InChI=1S/C24H38N4O2.HI/c1-3-12-28-13-8-22(9-14-28)27-24(25-4-2)26-18-20-6-5-7-21(17-20)19-30-23-10-15-29-16-11-23;/h3,5-7,17,22-23H,1,4,8-16,18-19H2,2H3,(H2,25,26,27);1H. The van der Waals surface area contributed by atoms with Gasteiger partial charge in [0.25, 0.3) is 0 Å². The Morgan fingerprint density at radius 3 is 2.68 bits per heavy atom. The summed E-state index contributed by atoms with van der Waals surface area (Å²) in [4.78, 5) is 7.28. The second-order valence-corrected chi connectivity index (χ2v) is 8.15. The van der Waals surface area contributed by atoms with Gasteiger partial charge >= 0.3 is 0 Å². The fourth-order valence-electron chi connectivity index (χ4n) is 4.00. The zero-order valence-corrected chi connectivity index (χ0v) is 21.2. The number of halogens is 1. The van der Waals surface area contributed by atoms with Crippen LogP contribution in [0.3, 0.4) is 0 Å². The maximum absolute atomic E-state index is 6.06. The molecule has 0 unspecified atom stereocenters.